The molecule has 0 aromatic heterocycles. The first-order valence-corrected chi connectivity index (χ1v) is 10.3. The van der Waals surface area contributed by atoms with E-state index in [9.17, 15) is 4.79 Å². The molecule has 3 heteroatoms. The predicted octanol–water partition coefficient (Wildman–Crippen LogP) is 6.51. The van der Waals surface area contributed by atoms with Gasteiger partial charge < -0.3 is 4.74 Å². The van der Waals surface area contributed by atoms with E-state index in [1.807, 2.05) is 45.0 Å². The van der Waals surface area contributed by atoms with Crippen molar-refractivity contribution in [3.8, 4) is 6.07 Å². The van der Waals surface area contributed by atoms with Crippen LogP contribution in [0.1, 0.15) is 89.7 Å². The zero-order valence-electron chi connectivity index (χ0n) is 17.3. The Bertz CT molecular complexity index is 620. The van der Waals surface area contributed by atoms with Gasteiger partial charge in [0, 0.05) is 6.42 Å². The van der Waals surface area contributed by atoms with Gasteiger partial charge in [-0.3, -0.25) is 4.79 Å². The third-order valence-electron chi connectivity index (χ3n) is 4.29. The van der Waals surface area contributed by atoms with Gasteiger partial charge in [-0.25, -0.2) is 0 Å². The van der Waals surface area contributed by atoms with E-state index in [2.05, 4.69) is 18.2 Å². The molecule has 0 unspecified atom stereocenters. The number of benzene rings is 1. The number of hydrogen-bond acceptors (Lipinski definition) is 3. The summed E-state index contributed by atoms with van der Waals surface area (Å²) in [6.07, 6.45) is 14.9. The largest absolute Gasteiger partial charge is 0.460 e. The molecule has 1 rings (SSSR count). The molecule has 0 fully saturated rings. The highest BCUT2D eigenvalue weighted by atomic mass is 16.6. The molecule has 0 atom stereocenters. The van der Waals surface area contributed by atoms with Gasteiger partial charge in [0.25, 0.3) is 0 Å². The number of unbranched alkanes of at least 4 members (excludes halogenated alkanes) is 6. The summed E-state index contributed by atoms with van der Waals surface area (Å²) in [6, 6.07) is 10.1. The quantitative estimate of drug-likeness (QED) is 0.240. The fourth-order valence-electron chi connectivity index (χ4n) is 2.95. The minimum Gasteiger partial charge on any atom is -0.460 e. The highest BCUT2D eigenvalue weighted by Gasteiger charge is 2.15. The average Bonchev–Trinajstić information content (AvgIpc) is 2.61. The molecule has 0 saturated heterocycles. The normalized spacial score (nSPS) is 11.5. The second-order valence-electron chi connectivity index (χ2n) is 8.03. The van der Waals surface area contributed by atoms with Gasteiger partial charge in [0.15, 0.2) is 0 Å². The molecule has 0 N–H and O–H groups in total. The van der Waals surface area contributed by atoms with E-state index in [0.717, 1.165) is 49.7 Å². The molecule has 0 bridgehead atoms. The molecular formula is C24H35NO2. The van der Waals surface area contributed by atoms with Crippen molar-refractivity contribution in [3.05, 3.63) is 47.5 Å². The van der Waals surface area contributed by atoms with Crippen LogP contribution in [0.3, 0.4) is 0 Å². The standard InChI is InChI=1S/C24H35NO2/c1-24(2,3)27-23(26)19-13-11-9-7-5-4-6-8-10-12-16-21-17-14-15-18-22(21)20-25/h6,8,14-15,17-18H,4-5,7,9-13,16,19H2,1-3H3/b8-6+. The maximum absolute atomic E-state index is 11.6. The number of aryl methyl sites for hydroxylation is 1. The molecule has 0 aliphatic heterocycles. The summed E-state index contributed by atoms with van der Waals surface area (Å²) < 4.78 is 5.31. The number of rotatable bonds is 12. The minimum atomic E-state index is -0.372. The molecule has 148 valence electrons. The Labute approximate surface area is 165 Å². The Morgan fingerprint density at radius 3 is 2.33 bits per heavy atom. The summed E-state index contributed by atoms with van der Waals surface area (Å²) in [7, 11) is 0. The van der Waals surface area contributed by atoms with Gasteiger partial charge in [-0.05, 0) is 70.9 Å². The van der Waals surface area contributed by atoms with Gasteiger partial charge in [0.2, 0.25) is 0 Å². The molecule has 0 spiro atoms. The number of nitrogens with zero attached hydrogens (tertiary/aromatic N) is 1. The summed E-state index contributed by atoms with van der Waals surface area (Å²) in [5.41, 5.74) is 1.58. The Balaban J connectivity index is 1.96. The molecule has 3 nitrogen and oxygen atoms in total. The maximum Gasteiger partial charge on any atom is 0.306 e. The maximum atomic E-state index is 11.6. The topological polar surface area (TPSA) is 50.1 Å². The van der Waals surface area contributed by atoms with Crippen LogP contribution in [0.2, 0.25) is 0 Å². The van der Waals surface area contributed by atoms with Crippen molar-refractivity contribution < 1.29 is 9.53 Å². The molecule has 0 saturated carbocycles. The van der Waals surface area contributed by atoms with Crippen molar-refractivity contribution in [1.29, 1.82) is 5.26 Å². The lowest BCUT2D eigenvalue weighted by Crippen LogP contribution is -2.23. The van der Waals surface area contributed by atoms with Crippen molar-refractivity contribution in [2.24, 2.45) is 0 Å². The monoisotopic (exact) mass is 369 g/mol. The number of esters is 1. The second-order valence-corrected chi connectivity index (χ2v) is 8.03. The Morgan fingerprint density at radius 2 is 1.63 bits per heavy atom. The van der Waals surface area contributed by atoms with Gasteiger partial charge in [0.1, 0.15) is 5.60 Å². The zero-order valence-corrected chi connectivity index (χ0v) is 17.3. The van der Waals surface area contributed by atoms with Gasteiger partial charge in [0.05, 0.1) is 11.6 Å². The third kappa shape index (κ3) is 12.0. The van der Waals surface area contributed by atoms with E-state index in [4.69, 9.17) is 10.00 Å². The van der Waals surface area contributed by atoms with E-state index < -0.39 is 0 Å². The number of allylic oxidation sites excluding steroid dienone is 2. The van der Waals surface area contributed by atoms with Crippen molar-refractivity contribution in [2.45, 2.75) is 90.6 Å². The lowest BCUT2D eigenvalue weighted by molar-refractivity contribution is -0.154. The first kappa shape index (κ1) is 23.0. The zero-order chi connectivity index (χ0) is 20.0. The number of carbonyl (C=O) groups excluding carboxylic acids is 1. The number of ether oxygens (including phenoxy) is 1. The van der Waals surface area contributed by atoms with Gasteiger partial charge >= 0.3 is 5.97 Å². The van der Waals surface area contributed by atoms with Crippen LogP contribution in [0, 0.1) is 11.3 Å². The van der Waals surface area contributed by atoms with Crippen molar-refractivity contribution in [1.82, 2.24) is 0 Å². The lowest BCUT2D eigenvalue weighted by Gasteiger charge is -2.19. The summed E-state index contributed by atoms with van der Waals surface area (Å²) in [6.45, 7) is 5.72. The van der Waals surface area contributed by atoms with E-state index in [1.54, 1.807) is 0 Å². The van der Waals surface area contributed by atoms with Crippen LogP contribution < -0.4 is 0 Å². The van der Waals surface area contributed by atoms with E-state index >= 15 is 0 Å². The van der Waals surface area contributed by atoms with Crippen LogP contribution in [-0.2, 0) is 16.0 Å². The third-order valence-corrected chi connectivity index (χ3v) is 4.29. The van der Waals surface area contributed by atoms with E-state index in [1.165, 1.54) is 19.3 Å². The van der Waals surface area contributed by atoms with Crippen LogP contribution in [0.15, 0.2) is 36.4 Å². The fraction of sp³-hybridized carbons (Fsp3) is 0.583. The van der Waals surface area contributed by atoms with Gasteiger partial charge in [-0.15, -0.1) is 0 Å². The van der Waals surface area contributed by atoms with Crippen LogP contribution in [-0.4, -0.2) is 11.6 Å². The average molecular weight is 370 g/mol. The summed E-state index contributed by atoms with van der Waals surface area (Å²) >= 11 is 0. The molecule has 0 amide bonds. The van der Waals surface area contributed by atoms with Crippen molar-refractivity contribution >= 4 is 5.97 Å². The highest BCUT2D eigenvalue weighted by Crippen LogP contribution is 2.13. The molecule has 27 heavy (non-hydrogen) atoms. The number of hydrogen-bond donors (Lipinski definition) is 0. The Morgan fingerprint density at radius 1 is 1.00 bits per heavy atom. The molecular weight excluding hydrogens is 334 g/mol. The molecule has 0 radical (unpaired) electrons. The van der Waals surface area contributed by atoms with Crippen LogP contribution in [0.4, 0.5) is 0 Å². The first-order valence-electron chi connectivity index (χ1n) is 10.3. The smallest absolute Gasteiger partial charge is 0.306 e. The van der Waals surface area contributed by atoms with E-state index in [0.29, 0.717) is 6.42 Å². The Kier molecular flexibility index (Phi) is 11.2. The van der Waals surface area contributed by atoms with Crippen molar-refractivity contribution in [2.75, 3.05) is 0 Å². The summed E-state index contributed by atoms with van der Waals surface area (Å²) in [5, 5.41) is 9.08. The summed E-state index contributed by atoms with van der Waals surface area (Å²) in [4.78, 5) is 11.6. The van der Waals surface area contributed by atoms with Crippen LogP contribution in [0.25, 0.3) is 0 Å². The SMILES string of the molecule is CC(C)(C)OC(=O)CCCCCCC/C=C/CCCc1ccccc1C#N. The van der Waals surface area contributed by atoms with E-state index in [-0.39, 0.29) is 11.6 Å². The summed E-state index contributed by atoms with van der Waals surface area (Å²) in [5.74, 6) is -0.0807. The van der Waals surface area contributed by atoms with Gasteiger partial charge in [-0.2, -0.15) is 5.26 Å². The lowest BCUT2D eigenvalue weighted by atomic mass is 10.0. The minimum absolute atomic E-state index is 0.0807. The molecule has 0 aliphatic rings. The molecule has 0 heterocycles. The molecule has 1 aromatic rings. The highest BCUT2D eigenvalue weighted by molar-refractivity contribution is 5.69. The molecule has 1 aromatic carbocycles. The van der Waals surface area contributed by atoms with Gasteiger partial charge in [-0.1, -0.05) is 49.6 Å². The predicted molar refractivity (Wildman–Crippen MR) is 111 cm³/mol. The second kappa shape index (κ2) is 13.1. The first-order chi connectivity index (χ1) is 12.9. The van der Waals surface area contributed by atoms with Crippen molar-refractivity contribution in [3.63, 3.8) is 0 Å². The van der Waals surface area contributed by atoms with Crippen LogP contribution in [0.5, 0.6) is 0 Å². The number of nitriles is 1. The Hall–Kier alpha value is -2.08. The van der Waals surface area contributed by atoms with Crippen LogP contribution >= 0.6 is 0 Å². The molecule has 0 aliphatic carbocycles. The number of carbonyl (C=O) groups is 1. The fourth-order valence-corrected chi connectivity index (χ4v) is 2.95.